The summed E-state index contributed by atoms with van der Waals surface area (Å²) >= 11 is 0. The van der Waals surface area contributed by atoms with Gasteiger partial charge >= 0.3 is 6.03 Å². The molecule has 1 N–H and O–H groups in total. The molecule has 0 radical (unpaired) electrons. The molecular weight excluding hydrogens is 484 g/mol. The summed E-state index contributed by atoms with van der Waals surface area (Å²) in [4.78, 5) is 50.8. The Hall–Kier alpha value is -4.51. The van der Waals surface area contributed by atoms with E-state index in [2.05, 4.69) is 38.3 Å². The molecule has 5 heterocycles. The molecule has 4 aromatic rings. The van der Waals surface area contributed by atoms with Crippen LogP contribution in [0, 0.1) is 0 Å². The zero-order valence-corrected chi connectivity index (χ0v) is 20.7. The van der Waals surface area contributed by atoms with E-state index < -0.39 is 6.03 Å². The van der Waals surface area contributed by atoms with E-state index in [0.29, 0.717) is 17.9 Å². The number of amides is 4. The van der Waals surface area contributed by atoms with Crippen LogP contribution < -0.4 is 10.2 Å². The Kier molecular flexibility index (Phi) is 5.25. The van der Waals surface area contributed by atoms with Gasteiger partial charge in [-0.15, -0.1) is 0 Å². The Morgan fingerprint density at radius 3 is 2.55 bits per heavy atom. The van der Waals surface area contributed by atoms with Gasteiger partial charge in [0.2, 0.25) is 11.7 Å². The highest BCUT2D eigenvalue weighted by Crippen LogP contribution is 2.27. The SMILES string of the molecule is O=C1CCN(N2Cc3cc(CN4CCN(c5ccn6c(n5)nc5ccccc56)CC4)ccc3C2=O)C(=O)N1. The molecule has 3 aliphatic rings. The number of carbonyl (C=O) groups is 3. The zero-order valence-electron chi connectivity index (χ0n) is 20.7. The van der Waals surface area contributed by atoms with Gasteiger partial charge in [-0.2, -0.15) is 4.98 Å². The van der Waals surface area contributed by atoms with Crippen LogP contribution in [0.5, 0.6) is 0 Å². The molecule has 192 valence electrons. The summed E-state index contributed by atoms with van der Waals surface area (Å²) in [5.74, 6) is 1.12. The second kappa shape index (κ2) is 8.80. The smallest absolute Gasteiger partial charge is 0.342 e. The predicted molar refractivity (Wildman–Crippen MR) is 139 cm³/mol. The van der Waals surface area contributed by atoms with Crippen molar-refractivity contribution in [3.63, 3.8) is 0 Å². The van der Waals surface area contributed by atoms with Gasteiger partial charge in [0, 0.05) is 50.9 Å². The van der Waals surface area contributed by atoms with Gasteiger partial charge < -0.3 is 4.90 Å². The average molecular weight is 511 g/mol. The molecule has 11 heteroatoms. The van der Waals surface area contributed by atoms with Gasteiger partial charge in [0.25, 0.3) is 5.91 Å². The Labute approximate surface area is 218 Å². The van der Waals surface area contributed by atoms with Gasteiger partial charge in [0.15, 0.2) is 0 Å². The van der Waals surface area contributed by atoms with Crippen LogP contribution in [0.1, 0.15) is 27.9 Å². The first-order chi connectivity index (χ1) is 18.5. The van der Waals surface area contributed by atoms with Gasteiger partial charge in [0.05, 0.1) is 24.1 Å². The van der Waals surface area contributed by atoms with Crippen LogP contribution in [0.4, 0.5) is 10.6 Å². The van der Waals surface area contributed by atoms with Gasteiger partial charge in [-0.25, -0.2) is 19.8 Å². The molecule has 2 saturated heterocycles. The lowest BCUT2D eigenvalue weighted by Crippen LogP contribution is -2.56. The molecule has 0 atom stereocenters. The van der Waals surface area contributed by atoms with Gasteiger partial charge in [-0.1, -0.05) is 24.3 Å². The predicted octanol–water partition coefficient (Wildman–Crippen LogP) is 2.02. The summed E-state index contributed by atoms with van der Waals surface area (Å²) in [5.41, 5.74) is 4.64. The molecule has 3 aliphatic heterocycles. The highest BCUT2D eigenvalue weighted by Gasteiger charge is 2.37. The monoisotopic (exact) mass is 510 g/mol. The number of imide groups is 1. The Bertz CT molecular complexity index is 1610. The number of aromatic nitrogens is 3. The second-order valence-corrected chi connectivity index (χ2v) is 9.90. The number of para-hydroxylation sites is 2. The number of nitrogens with zero attached hydrogens (tertiary/aromatic N) is 7. The minimum atomic E-state index is -0.546. The van der Waals surface area contributed by atoms with Crippen molar-refractivity contribution in [2.45, 2.75) is 19.5 Å². The number of rotatable bonds is 4. The molecule has 7 rings (SSSR count). The average Bonchev–Trinajstić information content (AvgIpc) is 3.46. The highest BCUT2D eigenvalue weighted by molar-refractivity contribution is 6.01. The third kappa shape index (κ3) is 3.82. The van der Waals surface area contributed by atoms with E-state index in [9.17, 15) is 14.4 Å². The third-order valence-electron chi connectivity index (χ3n) is 7.54. The summed E-state index contributed by atoms with van der Waals surface area (Å²) in [7, 11) is 0. The number of urea groups is 1. The van der Waals surface area contributed by atoms with E-state index in [-0.39, 0.29) is 24.8 Å². The number of piperazine rings is 1. The van der Waals surface area contributed by atoms with Crippen molar-refractivity contribution in [2.75, 3.05) is 37.6 Å². The molecule has 0 spiro atoms. The standard InChI is InChI=1S/C27H26N8O3/c36-24-8-10-34(27(38)30-24)35-17-19-15-18(5-6-20(19)25(35)37)16-31-11-13-32(14-12-31)23-7-9-33-22-4-2-1-3-21(22)28-26(33)29-23/h1-7,9,15H,8,10-14,16-17H2,(H,30,36,38). The van der Waals surface area contributed by atoms with Crippen molar-refractivity contribution >= 4 is 40.5 Å². The third-order valence-corrected chi connectivity index (χ3v) is 7.54. The van der Waals surface area contributed by atoms with Crippen LogP contribution in [0.3, 0.4) is 0 Å². The molecule has 2 aromatic carbocycles. The molecule has 0 aliphatic carbocycles. The topological polar surface area (TPSA) is 106 Å². The summed E-state index contributed by atoms with van der Waals surface area (Å²) in [6, 6.07) is 15.5. The summed E-state index contributed by atoms with van der Waals surface area (Å²) < 4.78 is 2.02. The van der Waals surface area contributed by atoms with Crippen molar-refractivity contribution in [3.8, 4) is 0 Å². The molecule has 0 unspecified atom stereocenters. The van der Waals surface area contributed by atoms with Crippen LogP contribution >= 0.6 is 0 Å². The first kappa shape index (κ1) is 22.7. The Morgan fingerprint density at radius 2 is 1.71 bits per heavy atom. The molecule has 2 fully saturated rings. The number of carbonyl (C=O) groups excluding carboxylic acids is 3. The van der Waals surface area contributed by atoms with Crippen LogP contribution in [-0.2, 0) is 17.9 Å². The highest BCUT2D eigenvalue weighted by atomic mass is 16.2. The fourth-order valence-electron chi connectivity index (χ4n) is 5.55. The second-order valence-electron chi connectivity index (χ2n) is 9.90. The number of nitrogens with one attached hydrogen (secondary N) is 1. The van der Waals surface area contributed by atoms with Crippen LogP contribution in [0.25, 0.3) is 16.8 Å². The summed E-state index contributed by atoms with van der Waals surface area (Å²) in [6.45, 7) is 4.84. The molecule has 11 nitrogen and oxygen atoms in total. The van der Waals surface area contributed by atoms with Crippen LogP contribution in [0.2, 0.25) is 0 Å². The van der Waals surface area contributed by atoms with Crippen LogP contribution in [-0.4, -0.2) is 79.9 Å². The normalized spacial score (nSPS) is 18.5. The van der Waals surface area contributed by atoms with E-state index in [1.54, 1.807) is 0 Å². The molecule has 0 bridgehead atoms. The molecular formula is C27H26N8O3. The first-order valence-electron chi connectivity index (χ1n) is 12.8. The molecule has 4 amide bonds. The number of hydrogen-bond donors (Lipinski definition) is 1. The number of fused-ring (bicyclic) bond motifs is 4. The number of hydrogen-bond acceptors (Lipinski definition) is 7. The maximum atomic E-state index is 12.9. The van der Waals surface area contributed by atoms with Crippen molar-refractivity contribution in [1.29, 1.82) is 0 Å². The molecule has 38 heavy (non-hydrogen) atoms. The van der Waals surface area contributed by atoms with E-state index in [0.717, 1.165) is 60.7 Å². The lowest BCUT2D eigenvalue weighted by molar-refractivity contribution is -0.123. The van der Waals surface area contributed by atoms with Crippen molar-refractivity contribution in [2.24, 2.45) is 0 Å². The quantitative estimate of drug-likeness (QED) is 0.448. The molecule has 2 aromatic heterocycles. The Balaban J connectivity index is 1.00. The fraction of sp³-hybridized carbons (Fsp3) is 0.296. The summed E-state index contributed by atoms with van der Waals surface area (Å²) in [5, 5.41) is 5.05. The van der Waals surface area contributed by atoms with Gasteiger partial charge in [-0.05, 0) is 35.4 Å². The largest absolute Gasteiger partial charge is 0.354 e. The minimum Gasteiger partial charge on any atom is -0.354 e. The van der Waals surface area contributed by atoms with E-state index >= 15 is 0 Å². The Morgan fingerprint density at radius 1 is 0.868 bits per heavy atom. The lowest BCUT2D eigenvalue weighted by atomic mass is 10.1. The van der Waals surface area contributed by atoms with Crippen molar-refractivity contribution < 1.29 is 14.4 Å². The maximum absolute atomic E-state index is 12.9. The number of anilines is 1. The van der Waals surface area contributed by atoms with E-state index in [4.69, 9.17) is 4.98 Å². The van der Waals surface area contributed by atoms with Gasteiger partial charge in [-0.3, -0.25) is 24.2 Å². The van der Waals surface area contributed by atoms with E-state index in [1.165, 1.54) is 10.0 Å². The fourth-order valence-corrected chi connectivity index (χ4v) is 5.55. The number of hydrazine groups is 1. The lowest BCUT2D eigenvalue weighted by Gasteiger charge is -2.35. The van der Waals surface area contributed by atoms with Crippen molar-refractivity contribution in [3.05, 3.63) is 71.4 Å². The zero-order chi connectivity index (χ0) is 25.8. The number of imidazole rings is 1. The van der Waals surface area contributed by atoms with Crippen molar-refractivity contribution in [1.82, 2.24) is 34.6 Å². The number of benzene rings is 2. The first-order valence-corrected chi connectivity index (χ1v) is 12.8. The van der Waals surface area contributed by atoms with E-state index in [1.807, 2.05) is 40.9 Å². The minimum absolute atomic E-state index is 0.186. The summed E-state index contributed by atoms with van der Waals surface area (Å²) in [6.07, 6.45) is 2.23. The maximum Gasteiger partial charge on any atom is 0.342 e. The van der Waals surface area contributed by atoms with Gasteiger partial charge in [0.1, 0.15) is 5.82 Å². The van der Waals surface area contributed by atoms with Crippen LogP contribution in [0.15, 0.2) is 54.7 Å². The molecule has 0 saturated carbocycles.